The molecule has 8 rings (SSSR count). The summed E-state index contributed by atoms with van der Waals surface area (Å²) in [5, 5.41) is 47.8. The van der Waals surface area contributed by atoms with Crippen molar-refractivity contribution in [2.24, 2.45) is 57.2 Å². The van der Waals surface area contributed by atoms with Crippen molar-refractivity contribution in [1.82, 2.24) is 0 Å². The van der Waals surface area contributed by atoms with E-state index in [2.05, 4.69) is 0 Å². The van der Waals surface area contributed by atoms with Crippen LogP contribution < -0.4 is 22.0 Å². The van der Waals surface area contributed by atoms with Crippen LogP contribution in [0.25, 0.3) is 0 Å². The minimum absolute atomic E-state index is 0.162. The number of rotatable bonds is 8. The number of hydrogen-bond donors (Lipinski definition) is 4. The molecule has 0 aromatic carbocycles. The molecular formula is C44H56F2IO10-. The van der Waals surface area contributed by atoms with E-state index in [-0.39, 0.29) is 24.4 Å². The molecule has 4 N–H and O–H groups in total. The zero-order valence-electron chi connectivity index (χ0n) is 33.5. The predicted octanol–water partition coefficient (Wildman–Crippen LogP) is 1.77. The third-order valence-electron chi connectivity index (χ3n) is 17.8. The zero-order valence-corrected chi connectivity index (χ0v) is 35.7. The summed E-state index contributed by atoms with van der Waals surface area (Å²) in [5.74, 6) is -4.97. The van der Waals surface area contributed by atoms with Gasteiger partial charge in [-0.3, -0.25) is 9.59 Å². The molecule has 16 atom stereocenters. The molecule has 16 unspecified atom stereocenters. The molecule has 0 spiro atoms. The van der Waals surface area contributed by atoms with Gasteiger partial charge in [-0.25, -0.2) is 0 Å². The summed E-state index contributed by atoms with van der Waals surface area (Å²) in [4.78, 5) is 52.3. The normalized spacial score (nSPS) is 52.2. The quantitative estimate of drug-likeness (QED) is 0.208. The van der Waals surface area contributed by atoms with Gasteiger partial charge < -0.3 is 0 Å². The Hall–Kier alpha value is -2.01. The first kappa shape index (κ1) is 41.7. The van der Waals surface area contributed by atoms with Gasteiger partial charge in [0, 0.05) is 0 Å². The number of Topliss-reactive ketones (excluding diaryl/α,β-unsaturated/α-hetero) is 2. The van der Waals surface area contributed by atoms with Gasteiger partial charge in [-0.15, -0.1) is 0 Å². The van der Waals surface area contributed by atoms with Gasteiger partial charge in [-0.2, -0.15) is 0 Å². The molecule has 10 nitrogen and oxygen atoms in total. The van der Waals surface area contributed by atoms with E-state index in [1.54, 1.807) is 53.7 Å². The number of halogens is 3. The Morgan fingerprint density at radius 2 is 1.07 bits per heavy atom. The first-order valence-corrected chi connectivity index (χ1v) is 22.3. The van der Waals surface area contributed by atoms with Crippen LogP contribution in [0.1, 0.15) is 92.9 Å². The van der Waals surface area contributed by atoms with E-state index in [0.29, 0.717) is 49.7 Å². The van der Waals surface area contributed by atoms with Gasteiger partial charge in [0.25, 0.3) is 0 Å². The third kappa shape index (κ3) is 5.05. The monoisotopic (exact) mass is 909 g/mol. The Balaban J connectivity index is 0.921. The fourth-order valence-corrected chi connectivity index (χ4v) is 15.7. The number of alkyl halides is 2. The molecule has 0 aromatic heterocycles. The molecule has 0 heterocycles. The molecule has 57 heavy (non-hydrogen) atoms. The van der Waals surface area contributed by atoms with Gasteiger partial charge in [0.1, 0.15) is 0 Å². The van der Waals surface area contributed by atoms with Crippen molar-refractivity contribution in [1.29, 1.82) is 0 Å². The fraction of sp³-hybridized carbons (Fsp3) is 0.727. The average Bonchev–Trinajstić information content (AvgIpc) is 3.48. The van der Waals surface area contributed by atoms with E-state index < -0.39 is 139 Å². The van der Waals surface area contributed by atoms with Crippen LogP contribution in [-0.4, -0.2) is 91.5 Å². The number of aliphatic hydroxyl groups is 4. The van der Waals surface area contributed by atoms with Crippen LogP contribution in [0.15, 0.2) is 47.6 Å². The average molecular weight is 910 g/mol. The van der Waals surface area contributed by atoms with Crippen LogP contribution >= 0.6 is 0 Å². The molecule has 13 heteroatoms. The first-order chi connectivity index (χ1) is 26.5. The molecule has 8 aliphatic rings. The topological polar surface area (TPSA) is 168 Å². The second-order valence-corrected chi connectivity index (χ2v) is 21.4. The maximum atomic E-state index is 17.5. The van der Waals surface area contributed by atoms with E-state index >= 15 is 8.78 Å². The van der Waals surface area contributed by atoms with Crippen molar-refractivity contribution in [2.75, 3.05) is 13.2 Å². The SMILES string of the molecule is CC1CC2C3CCC4=CC(=O)C=CC4(C)C3(F)C(O)CC2(C)C1(O)C(=O)CO[I-]OCC(=O)C1(O)C(C)CC2C3CCC4=CC(=O)C=CC4(C)C3(F)C(O)CC21C. The number of fused-ring (bicyclic) bond motifs is 10. The Morgan fingerprint density at radius 1 is 0.702 bits per heavy atom. The first-order valence-electron chi connectivity index (χ1n) is 20.5. The Morgan fingerprint density at radius 3 is 1.44 bits per heavy atom. The summed E-state index contributed by atoms with van der Waals surface area (Å²) >= 11 is -1.69. The summed E-state index contributed by atoms with van der Waals surface area (Å²) in [6.45, 7) is 9.42. The van der Waals surface area contributed by atoms with Gasteiger partial charge >= 0.3 is 336 Å². The van der Waals surface area contributed by atoms with Crippen molar-refractivity contribution < 1.29 is 76.6 Å². The van der Waals surface area contributed by atoms with Crippen molar-refractivity contribution >= 4 is 23.1 Å². The summed E-state index contributed by atoms with van der Waals surface area (Å²) in [5.41, 5.74) is -11.5. The van der Waals surface area contributed by atoms with Gasteiger partial charge in [-0.05, 0) is 0 Å². The van der Waals surface area contributed by atoms with Crippen LogP contribution in [0, 0.1) is 57.2 Å². The molecule has 0 aromatic rings. The second kappa shape index (κ2) is 13.2. The van der Waals surface area contributed by atoms with Gasteiger partial charge in [0.2, 0.25) is 0 Å². The van der Waals surface area contributed by atoms with Crippen LogP contribution in [-0.2, 0) is 25.3 Å². The van der Waals surface area contributed by atoms with Crippen molar-refractivity contribution in [3.05, 3.63) is 47.6 Å². The van der Waals surface area contributed by atoms with Gasteiger partial charge in [0.15, 0.2) is 0 Å². The maximum absolute atomic E-state index is 17.5. The Bertz CT molecular complexity index is 1800. The minimum atomic E-state index is -2.10. The van der Waals surface area contributed by atoms with E-state index in [9.17, 15) is 39.6 Å². The van der Waals surface area contributed by atoms with Crippen molar-refractivity contribution in [3.63, 3.8) is 0 Å². The number of aliphatic hydroxyl groups excluding tert-OH is 2. The number of carbonyl (C=O) groups is 4. The molecule has 0 bridgehead atoms. The Labute approximate surface area is 343 Å². The molecule has 6 fully saturated rings. The number of carbonyl (C=O) groups excluding carboxylic acids is 4. The number of allylic oxidation sites excluding steroid dienone is 8. The molecule has 0 saturated heterocycles. The molecule has 6 saturated carbocycles. The summed E-state index contributed by atoms with van der Waals surface area (Å²) in [7, 11) is 0. The van der Waals surface area contributed by atoms with Gasteiger partial charge in [0.05, 0.1) is 0 Å². The van der Waals surface area contributed by atoms with Crippen LogP contribution in [0.4, 0.5) is 8.78 Å². The summed E-state index contributed by atoms with van der Waals surface area (Å²) in [6.07, 6.45) is 7.84. The van der Waals surface area contributed by atoms with Crippen LogP contribution in [0.3, 0.4) is 0 Å². The molecule has 0 amide bonds. The fourth-order valence-electron chi connectivity index (χ4n) is 14.7. The van der Waals surface area contributed by atoms with E-state index in [4.69, 9.17) is 6.13 Å². The zero-order chi connectivity index (χ0) is 41.5. The Kier molecular flexibility index (Phi) is 9.69. The van der Waals surface area contributed by atoms with E-state index in [1.807, 2.05) is 0 Å². The standard InChI is InChI=1S/C44H56F2IO10/c1-23-15-31-29-9-7-25-17-27(48)11-13-37(25,3)41(29,45)33(50)19-39(31,5)43(23,54)35(52)21-56-47-57-22-36(53)44(55)24(2)16-32-30-10-8-26-18-28(49)12-14-38(26,4)42(30,46)34(51)20-40(32,44)6/h11-14,17-18,23-24,29-34,50-51,54-55H,7-10,15-16,19-22H2,1-6H3/q-1. The molecular weight excluding hydrogens is 853 g/mol. The second-order valence-electron chi connectivity index (χ2n) is 19.8. The van der Waals surface area contributed by atoms with Crippen LogP contribution in [0.2, 0.25) is 0 Å². The molecule has 314 valence electrons. The predicted molar refractivity (Wildman–Crippen MR) is 198 cm³/mol. The third-order valence-corrected chi connectivity index (χ3v) is 18.9. The molecule has 8 aliphatic carbocycles. The number of ketones is 4. The van der Waals surface area contributed by atoms with Crippen molar-refractivity contribution in [3.8, 4) is 0 Å². The number of hydrogen-bond acceptors (Lipinski definition) is 10. The molecule has 0 radical (unpaired) electrons. The summed E-state index contributed by atoms with van der Waals surface area (Å²) in [6, 6.07) is 0. The van der Waals surface area contributed by atoms with E-state index in [0.717, 1.165) is 0 Å². The van der Waals surface area contributed by atoms with E-state index in [1.165, 1.54) is 24.3 Å². The molecule has 0 aliphatic heterocycles. The van der Waals surface area contributed by atoms with Crippen LogP contribution in [0.5, 0.6) is 0 Å². The van der Waals surface area contributed by atoms with Gasteiger partial charge in [-0.1, -0.05) is 0 Å². The summed E-state index contributed by atoms with van der Waals surface area (Å²) < 4.78 is 46.5. The van der Waals surface area contributed by atoms with Crippen molar-refractivity contribution in [2.45, 2.75) is 128 Å².